The summed E-state index contributed by atoms with van der Waals surface area (Å²) in [5, 5.41) is 13.1. The van der Waals surface area contributed by atoms with Crippen molar-refractivity contribution in [3.8, 4) is 5.75 Å². The van der Waals surface area contributed by atoms with E-state index >= 15 is 0 Å². The van der Waals surface area contributed by atoms with Crippen LogP contribution in [0.25, 0.3) is 0 Å². The lowest BCUT2D eigenvalue weighted by molar-refractivity contribution is -0.892. The Labute approximate surface area is 152 Å². The number of carbonyl (C=O) groups is 1. The molecule has 0 spiro atoms. The molecule has 140 valence electrons. The molecule has 1 aromatic rings. The lowest BCUT2D eigenvalue weighted by atomic mass is 9.99. The average molecular weight is 349 g/mol. The fraction of sp³-hybridized carbons (Fsp3) is 0.650. The minimum absolute atomic E-state index is 0.168. The number of anilines is 1. The predicted molar refractivity (Wildman–Crippen MR) is 102 cm³/mol. The van der Waals surface area contributed by atoms with Crippen LogP contribution in [0.5, 0.6) is 5.75 Å². The molecule has 0 aliphatic carbocycles. The molecular weight excluding hydrogens is 314 g/mol. The van der Waals surface area contributed by atoms with Crippen LogP contribution in [0.4, 0.5) is 5.69 Å². The number of carbonyl (C=O) groups excluding carboxylic acids is 1. The zero-order valence-corrected chi connectivity index (χ0v) is 15.8. The molecule has 1 aromatic carbocycles. The van der Waals surface area contributed by atoms with E-state index in [1.807, 2.05) is 18.2 Å². The van der Waals surface area contributed by atoms with Crippen molar-refractivity contribution in [2.75, 3.05) is 44.2 Å². The van der Waals surface area contributed by atoms with Gasteiger partial charge in [-0.3, -0.25) is 4.79 Å². The summed E-state index contributed by atoms with van der Waals surface area (Å²) in [4.78, 5) is 15.8. The number of piperazine rings is 1. The van der Waals surface area contributed by atoms with Gasteiger partial charge >= 0.3 is 0 Å². The van der Waals surface area contributed by atoms with Crippen LogP contribution in [0.15, 0.2) is 24.3 Å². The van der Waals surface area contributed by atoms with Crippen molar-refractivity contribution in [2.45, 2.75) is 39.5 Å². The van der Waals surface area contributed by atoms with Crippen molar-refractivity contribution < 1.29 is 14.8 Å². The summed E-state index contributed by atoms with van der Waals surface area (Å²) in [7, 11) is 0. The van der Waals surface area contributed by atoms with Crippen LogP contribution in [0, 0.1) is 5.92 Å². The Morgan fingerprint density at radius 3 is 2.64 bits per heavy atom. The SMILES string of the molecule is CCCC[C@H](CC)CNC(=O)C[NH+]1CCN(c2ccccc2O)CC1. The standard InChI is InChI=1S/C20H33N3O2/c1-3-5-8-17(4-2)15-21-20(25)16-22-11-13-23(14-12-22)18-9-6-7-10-19(18)24/h6-7,9-10,17,24H,3-5,8,11-16H2,1-2H3,(H,21,25)/p+1/t17-/m0/s1. The molecule has 1 heterocycles. The number of nitrogens with one attached hydrogen (secondary N) is 2. The summed E-state index contributed by atoms with van der Waals surface area (Å²) in [6.07, 6.45) is 4.80. The molecule has 0 bridgehead atoms. The lowest BCUT2D eigenvalue weighted by Crippen LogP contribution is -3.16. The number of para-hydroxylation sites is 2. The average Bonchev–Trinajstić information content (AvgIpc) is 2.63. The first-order chi connectivity index (χ1) is 12.1. The van der Waals surface area contributed by atoms with Gasteiger partial charge < -0.3 is 20.2 Å². The number of phenolic OH excluding ortho intramolecular Hbond substituents is 1. The highest BCUT2D eigenvalue weighted by Crippen LogP contribution is 2.25. The van der Waals surface area contributed by atoms with Crippen LogP contribution < -0.4 is 15.1 Å². The van der Waals surface area contributed by atoms with Crippen molar-refractivity contribution in [1.29, 1.82) is 0 Å². The Morgan fingerprint density at radius 2 is 2.00 bits per heavy atom. The van der Waals surface area contributed by atoms with E-state index in [1.54, 1.807) is 6.07 Å². The minimum atomic E-state index is 0.168. The zero-order valence-electron chi connectivity index (χ0n) is 15.8. The Balaban J connectivity index is 1.70. The molecule has 1 aliphatic heterocycles. The van der Waals surface area contributed by atoms with E-state index in [4.69, 9.17) is 0 Å². The van der Waals surface area contributed by atoms with Crippen LogP contribution in [0.1, 0.15) is 39.5 Å². The number of rotatable bonds is 9. The van der Waals surface area contributed by atoms with E-state index in [0.29, 0.717) is 18.2 Å². The summed E-state index contributed by atoms with van der Waals surface area (Å²) < 4.78 is 0. The second-order valence-corrected chi connectivity index (χ2v) is 7.12. The molecule has 5 heteroatoms. The number of phenols is 1. The number of hydrogen-bond donors (Lipinski definition) is 3. The third kappa shape index (κ3) is 6.24. The van der Waals surface area contributed by atoms with Gasteiger partial charge in [-0.1, -0.05) is 45.2 Å². The first kappa shape index (κ1) is 19.6. The third-order valence-electron chi connectivity index (χ3n) is 5.23. The van der Waals surface area contributed by atoms with E-state index in [1.165, 1.54) is 24.2 Å². The maximum absolute atomic E-state index is 12.2. The minimum Gasteiger partial charge on any atom is -0.506 e. The molecule has 2 rings (SSSR count). The molecular formula is C20H34N3O2+. The molecule has 1 amide bonds. The van der Waals surface area contributed by atoms with E-state index in [2.05, 4.69) is 24.1 Å². The monoisotopic (exact) mass is 348 g/mol. The van der Waals surface area contributed by atoms with Gasteiger partial charge in [0.15, 0.2) is 6.54 Å². The summed E-state index contributed by atoms with van der Waals surface area (Å²) in [6.45, 7) is 9.37. The molecule has 1 atom stereocenters. The van der Waals surface area contributed by atoms with Gasteiger partial charge in [-0.15, -0.1) is 0 Å². The third-order valence-corrected chi connectivity index (χ3v) is 5.23. The Bertz CT molecular complexity index is 527. The summed E-state index contributed by atoms with van der Waals surface area (Å²) in [6, 6.07) is 7.47. The number of amides is 1. The van der Waals surface area contributed by atoms with Crippen molar-refractivity contribution in [3.05, 3.63) is 24.3 Å². The number of aromatic hydroxyl groups is 1. The highest BCUT2D eigenvalue weighted by molar-refractivity contribution is 5.76. The van der Waals surface area contributed by atoms with E-state index in [9.17, 15) is 9.90 Å². The van der Waals surface area contributed by atoms with Crippen LogP contribution in [-0.2, 0) is 4.79 Å². The smallest absolute Gasteiger partial charge is 0.275 e. The summed E-state index contributed by atoms with van der Waals surface area (Å²) >= 11 is 0. The maximum Gasteiger partial charge on any atom is 0.275 e. The van der Waals surface area contributed by atoms with Crippen molar-refractivity contribution in [2.24, 2.45) is 5.92 Å². The van der Waals surface area contributed by atoms with Crippen molar-refractivity contribution >= 4 is 11.6 Å². The normalized spacial score (nSPS) is 16.6. The molecule has 1 saturated heterocycles. The van der Waals surface area contributed by atoms with Crippen molar-refractivity contribution in [3.63, 3.8) is 0 Å². The zero-order chi connectivity index (χ0) is 18.1. The van der Waals surface area contributed by atoms with Crippen molar-refractivity contribution in [1.82, 2.24) is 5.32 Å². The Hall–Kier alpha value is -1.75. The summed E-state index contributed by atoms with van der Waals surface area (Å²) in [5.74, 6) is 1.11. The number of unbranched alkanes of at least 4 members (excludes halogenated alkanes) is 1. The molecule has 0 unspecified atom stereocenters. The first-order valence-corrected chi connectivity index (χ1v) is 9.77. The molecule has 3 N–H and O–H groups in total. The predicted octanol–water partition coefficient (Wildman–Crippen LogP) is 1.43. The van der Waals surface area contributed by atoms with Gasteiger partial charge in [-0.25, -0.2) is 0 Å². The Kier molecular flexibility index (Phi) is 8.06. The maximum atomic E-state index is 12.2. The van der Waals surface area contributed by atoms with Gasteiger partial charge in [0, 0.05) is 6.54 Å². The number of benzene rings is 1. The second kappa shape index (κ2) is 10.3. The van der Waals surface area contributed by atoms with Gasteiger partial charge in [0.25, 0.3) is 5.91 Å². The quantitative estimate of drug-likeness (QED) is 0.633. The molecule has 0 aromatic heterocycles. The molecule has 1 fully saturated rings. The van der Waals surface area contributed by atoms with E-state index in [0.717, 1.165) is 44.8 Å². The van der Waals surface area contributed by atoms with Crippen LogP contribution >= 0.6 is 0 Å². The summed E-state index contributed by atoms with van der Waals surface area (Å²) in [5.41, 5.74) is 0.896. The highest BCUT2D eigenvalue weighted by atomic mass is 16.3. The van der Waals surface area contributed by atoms with Crippen LogP contribution in [0.2, 0.25) is 0 Å². The second-order valence-electron chi connectivity index (χ2n) is 7.12. The molecule has 0 radical (unpaired) electrons. The first-order valence-electron chi connectivity index (χ1n) is 9.77. The molecule has 5 nitrogen and oxygen atoms in total. The molecule has 1 aliphatic rings. The highest BCUT2D eigenvalue weighted by Gasteiger charge is 2.23. The van der Waals surface area contributed by atoms with Gasteiger partial charge in [0.1, 0.15) is 5.75 Å². The molecule has 25 heavy (non-hydrogen) atoms. The van der Waals surface area contributed by atoms with E-state index < -0.39 is 0 Å². The Morgan fingerprint density at radius 1 is 1.28 bits per heavy atom. The van der Waals surface area contributed by atoms with Gasteiger partial charge in [0.05, 0.1) is 31.9 Å². The van der Waals surface area contributed by atoms with Crippen LogP contribution in [-0.4, -0.2) is 50.3 Å². The van der Waals surface area contributed by atoms with Crippen LogP contribution in [0.3, 0.4) is 0 Å². The van der Waals surface area contributed by atoms with Gasteiger partial charge in [0.2, 0.25) is 0 Å². The number of hydrogen-bond acceptors (Lipinski definition) is 3. The fourth-order valence-electron chi connectivity index (χ4n) is 3.46. The van der Waals surface area contributed by atoms with E-state index in [-0.39, 0.29) is 5.91 Å². The fourth-order valence-corrected chi connectivity index (χ4v) is 3.46. The topological polar surface area (TPSA) is 57.0 Å². The molecule has 0 saturated carbocycles. The lowest BCUT2D eigenvalue weighted by Gasteiger charge is -2.33. The largest absolute Gasteiger partial charge is 0.506 e. The number of quaternary nitrogens is 1. The number of nitrogens with zero attached hydrogens (tertiary/aromatic N) is 1. The van der Waals surface area contributed by atoms with Gasteiger partial charge in [-0.2, -0.15) is 0 Å². The van der Waals surface area contributed by atoms with Gasteiger partial charge in [-0.05, 0) is 24.5 Å².